The number of aliphatic hydroxyl groups excluding tert-OH is 1. The number of aromatic nitrogens is 4. The second kappa shape index (κ2) is 35.1. The van der Waals surface area contributed by atoms with Crippen molar-refractivity contribution in [3.8, 4) is 12.1 Å². The van der Waals surface area contributed by atoms with Crippen molar-refractivity contribution < 1.29 is 34.8 Å². The number of carbonyl (C=O) groups is 3. The van der Waals surface area contributed by atoms with E-state index in [0.717, 1.165) is 113 Å². The second-order valence-electron chi connectivity index (χ2n) is 37.8. The predicted octanol–water partition coefficient (Wildman–Crippen LogP) is 16.8. The van der Waals surface area contributed by atoms with Crippen molar-refractivity contribution in [2.24, 2.45) is 120 Å². The van der Waals surface area contributed by atoms with E-state index < -0.39 is 16.8 Å². The van der Waals surface area contributed by atoms with Gasteiger partial charge in [-0.05, 0) is 313 Å². The average molecular weight is 1810 g/mol. The van der Waals surface area contributed by atoms with Gasteiger partial charge in [0.05, 0.1) is 52.2 Å². The first-order chi connectivity index (χ1) is 48.2. The molecule has 13 nitrogen and oxygen atoms in total. The van der Waals surface area contributed by atoms with E-state index in [1.54, 1.807) is 23.3 Å². The Morgan fingerprint density at radius 2 is 0.913 bits per heavy atom. The van der Waals surface area contributed by atoms with E-state index in [1.165, 1.54) is 116 Å². The highest BCUT2D eigenvalue weighted by atomic mass is 127. The average Bonchev–Trinajstić information content (AvgIpc) is 1.70. The van der Waals surface area contributed by atoms with Crippen LogP contribution in [0.5, 0.6) is 0 Å². The van der Waals surface area contributed by atoms with Crippen LogP contribution in [0.25, 0.3) is 0 Å². The van der Waals surface area contributed by atoms with Crippen molar-refractivity contribution in [1.29, 1.82) is 10.5 Å². The zero-order chi connectivity index (χ0) is 77.1. The first-order valence-electron chi connectivity index (χ1n) is 39.2. The minimum absolute atomic E-state index is 0.0811. The van der Waals surface area contributed by atoms with Gasteiger partial charge in [-0.25, -0.2) is 0 Å². The van der Waals surface area contributed by atoms with Gasteiger partial charge in [0, 0.05) is 73.9 Å². The number of carbonyl (C=O) groups excluding carboxylic acids is 3. The maximum Gasteiger partial charge on any atom is 0.157 e. The quantitative estimate of drug-likeness (QED) is 0.0949. The molecule has 565 valence electrons. The van der Waals surface area contributed by atoms with Crippen molar-refractivity contribution >= 4 is 142 Å². The normalized spacial score (nSPS) is 44.4. The van der Waals surface area contributed by atoms with E-state index in [4.69, 9.17) is 38.8 Å². The maximum absolute atomic E-state index is 13.4. The number of H-pyrrole nitrogens is 1. The molecule has 12 aliphatic carbocycles. The van der Waals surface area contributed by atoms with E-state index in [2.05, 4.69) is 181 Å². The summed E-state index contributed by atoms with van der Waals surface area (Å²) in [6.07, 6.45) is 37.0. The summed E-state index contributed by atoms with van der Waals surface area (Å²) in [5.41, 5.74) is 1.98. The lowest BCUT2D eigenvalue weighted by Gasteiger charge is -2.66. The second-order valence-corrected chi connectivity index (χ2v) is 39.8. The topological polar surface area (TPSA) is 226 Å². The van der Waals surface area contributed by atoms with Crippen LogP contribution in [0.3, 0.4) is 0 Å². The van der Waals surface area contributed by atoms with Crippen LogP contribution in [0, 0.1) is 142 Å². The number of alkyl halides is 3. The Labute approximate surface area is 677 Å². The van der Waals surface area contributed by atoms with Crippen molar-refractivity contribution in [3.05, 3.63) is 35.9 Å². The van der Waals surface area contributed by atoms with Crippen LogP contribution in [0.2, 0.25) is 0 Å². The number of nitrogens with one attached hydrogen (secondary N) is 1. The van der Waals surface area contributed by atoms with E-state index in [0.29, 0.717) is 73.7 Å². The van der Waals surface area contributed by atoms with Crippen molar-refractivity contribution in [1.82, 2.24) is 20.0 Å². The van der Waals surface area contributed by atoms with Crippen molar-refractivity contribution in [3.63, 3.8) is 0 Å². The summed E-state index contributed by atoms with van der Waals surface area (Å²) in [5.74, 6) is 8.60. The third-order valence-electron chi connectivity index (χ3n) is 32.5. The highest BCUT2D eigenvalue weighted by molar-refractivity contribution is 14.1. The monoisotopic (exact) mass is 1810 g/mol. The number of nitriles is 2. The third-order valence-corrected chi connectivity index (χ3v) is 34.3. The number of hydrogen-bond donors (Lipinski definition) is 5. The molecule has 12 fully saturated rings. The standard InChI is InChI=1S/C27H39N3O2.C23H37BrO2.C23H38O2.C4H3N3.2CH3I.CH4O.B6I/c1-24-9-7-19-20-5-6-22(23(31)16-30-15-18(13-28)14-29-30)26(20,3)10-8-21(19)27(24,4)12-11-25(2,32)17-24;1-20-9-7-15-16-5-6-18(19(25)13-24)22(16,3)10-8-17(15)23(20,4)12-11-21(2,26)14-20;1-15(24)17-6-7-18-16-8-10-20(2)14-21(3,25)12-13-23(20,5)19(16)9-11-22(17,18)4;5-1-4-2-6-7-3-4;3*1-2;1-4-6(7)5(2)3/h14-15,19-22,32H,5-12,16-17H2,1-4H3;15-18,26H,5-14H2,1-4H3;16-19,25H,6-14H2,1-5H3;2-3H,(H,6,7);2*1H3;2H,1H3;/t19-,20-,21-,22+,24+,25+,26-,27+;15-,16-,17-,18+,20+,21+,22-,23+;16-,17+,18-,19-,20+,21+,22+,23+;;;;;/m000...../s1. The maximum atomic E-state index is 13.4. The number of aromatic amines is 1. The molecule has 0 unspecified atom stereocenters. The minimum Gasteiger partial charge on any atom is -0.400 e. The molecule has 0 spiro atoms. The molecule has 7 radical (unpaired) electrons. The Balaban J connectivity index is 0.000000192. The van der Waals surface area contributed by atoms with Gasteiger partial charge in [-0.15, -0.1) is 0 Å². The number of rotatable bonds is 8. The van der Waals surface area contributed by atoms with Crippen LogP contribution in [-0.2, 0) is 20.9 Å². The summed E-state index contributed by atoms with van der Waals surface area (Å²) >= 11 is 9.80. The molecule has 24 atom stereocenters. The van der Waals surface area contributed by atoms with Crippen LogP contribution in [0.1, 0.15) is 274 Å². The van der Waals surface area contributed by atoms with E-state index in [1.807, 2.05) is 29.8 Å². The molecule has 5 N–H and O–H groups in total. The lowest BCUT2D eigenvalue weighted by molar-refractivity contribution is -0.189. The number of ketones is 3. The lowest BCUT2D eigenvalue weighted by atomic mass is 8.91. The molecule has 0 saturated heterocycles. The van der Waals surface area contributed by atoms with E-state index in [9.17, 15) is 29.7 Å². The van der Waals surface area contributed by atoms with Gasteiger partial charge in [0.1, 0.15) is 28.1 Å². The number of halogens is 4. The van der Waals surface area contributed by atoms with Gasteiger partial charge in [-0.3, -0.25) is 24.2 Å². The van der Waals surface area contributed by atoms with Crippen molar-refractivity contribution in [2.75, 3.05) is 22.3 Å². The summed E-state index contributed by atoms with van der Waals surface area (Å²) in [7, 11) is 18.0. The van der Waals surface area contributed by atoms with E-state index in [-0.39, 0.29) is 61.6 Å². The molecule has 14 rings (SSSR count). The molecule has 2 aromatic heterocycles. The Morgan fingerprint density at radius 1 is 0.553 bits per heavy atom. The van der Waals surface area contributed by atoms with Gasteiger partial charge < -0.3 is 20.4 Å². The predicted molar refractivity (Wildman–Crippen MR) is 453 cm³/mol. The molecule has 2 heterocycles. The fourth-order valence-electron chi connectivity index (χ4n) is 26.8. The first kappa shape index (κ1) is 89.5. The number of nitrogens with zero attached hydrogens (tertiary/aromatic N) is 5. The zero-order valence-corrected chi connectivity index (χ0v) is 74.0. The van der Waals surface area contributed by atoms with Gasteiger partial charge in [-0.2, -0.15) is 43.1 Å². The minimum atomic E-state index is -0.521. The number of Topliss-reactive ketones (excluding diaryl/α,β-unsaturated/α-hetero) is 3. The number of aliphatic hydroxyl groups is 4. The zero-order valence-electron chi connectivity index (χ0n) is 66.0. The molecule has 0 aromatic carbocycles. The Hall–Kier alpha value is -0.690. The molecular weight excluding hydrogens is 1680 g/mol. The first-order valence-corrected chi connectivity index (χ1v) is 45.9. The molecule has 0 aliphatic heterocycles. The van der Waals surface area contributed by atoms with Crippen LogP contribution >= 0.6 is 83.5 Å². The Morgan fingerprint density at radius 3 is 1.20 bits per heavy atom. The summed E-state index contributed by atoms with van der Waals surface area (Å²) < 4.78 is 1.72. The largest absolute Gasteiger partial charge is 0.400 e. The molecule has 12 aliphatic rings. The van der Waals surface area contributed by atoms with Crippen LogP contribution in [-0.4, -0.2) is 138 Å². The van der Waals surface area contributed by atoms with Gasteiger partial charge in [0.25, 0.3) is 0 Å². The fraction of sp³-hybridized carbons (Fsp3) is 0.863. The molecule has 0 amide bonds. The summed E-state index contributed by atoms with van der Waals surface area (Å²) in [6.45, 7) is 30.6. The lowest BCUT2D eigenvalue weighted by Crippen LogP contribution is -2.60. The number of hydrogen-bond acceptors (Lipinski definition) is 11. The van der Waals surface area contributed by atoms with E-state index >= 15 is 0 Å². The molecule has 12 saturated carbocycles. The van der Waals surface area contributed by atoms with Crippen molar-refractivity contribution in [2.45, 2.75) is 287 Å². The summed E-state index contributed by atoms with van der Waals surface area (Å²) in [6, 6.07) is 4.01. The molecule has 103 heavy (non-hydrogen) atoms. The Kier molecular flexibility index (Phi) is 30.5. The van der Waals surface area contributed by atoms with Crippen LogP contribution in [0.4, 0.5) is 0 Å². The van der Waals surface area contributed by atoms with Gasteiger partial charge in [0.2, 0.25) is 0 Å². The summed E-state index contributed by atoms with van der Waals surface area (Å²) in [5, 5.41) is 67.3. The van der Waals surface area contributed by atoms with Crippen LogP contribution in [0.15, 0.2) is 24.8 Å². The molecule has 0 bridgehead atoms. The van der Waals surface area contributed by atoms with Gasteiger partial charge >= 0.3 is 0 Å². The highest BCUT2D eigenvalue weighted by Gasteiger charge is 2.69. The smallest absolute Gasteiger partial charge is 0.157 e. The SMILES string of the molecule is CC(=O)[C@H]1CC[C@H]2[C@@H]3CC[C@]4(C)C[C@](C)(O)CC[C@]4(C)[C@H]3CC[C@]12C.CI.CI.CO.C[C@@]1(O)CC[C@]2(C)[C@H]3CC[C@]4(C)[C@@H](C(=O)CBr)CC[C@H]4[C@@H]3CC[C@]2(C)C1.C[C@@]1(O)CC[C@]2(C)[C@H]3CC[C@]4(C)[C@@H](C(=O)Cn5cc(C#N)cn5)CC[C@H]4[C@@H]3CC[C@]2(C)C1.N#Cc1cn[nH]c1.[B][B]B(I)B([B])[B]. The summed E-state index contributed by atoms with van der Waals surface area (Å²) in [4.78, 5) is 42.1. The van der Waals surface area contributed by atoms with Gasteiger partial charge in [-0.1, -0.05) is 123 Å². The molecule has 2 aromatic rings. The van der Waals surface area contributed by atoms with Crippen LogP contribution < -0.4 is 0 Å². The highest BCUT2D eigenvalue weighted by Crippen LogP contribution is 2.75. The number of fused-ring (bicyclic) bond motifs is 15. The van der Waals surface area contributed by atoms with Gasteiger partial charge in [0.15, 0.2) is 5.78 Å². The Bertz CT molecular complexity index is 3270. The molecule has 23 heteroatoms. The molecular formula is C80H127B6BrI3N6O7. The fourth-order valence-corrected chi connectivity index (χ4v) is 27.2. The third kappa shape index (κ3) is 17.6.